The molecule has 2 aliphatic rings. The lowest BCUT2D eigenvalue weighted by molar-refractivity contribution is -0.114. The van der Waals surface area contributed by atoms with Crippen molar-refractivity contribution in [1.29, 1.82) is 5.26 Å². The lowest BCUT2D eigenvalue weighted by atomic mass is 9.79. The summed E-state index contributed by atoms with van der Waals surface area (Å²) in [4.78, 5) is 13.1. The standard InChI is InChI=1S/C22H19NO2S/c1-15-6-8-19(9-7-15)26(25)21-5-3-2-4-20(21)22(14-23)12-16-10-18(24)11-17(16)13-22/h2-10,17H,11-13H2,1H3/t17-,22-,26-/m0/s1. The fourth-order valence-electron chi connectivity index (χ4n) is 4.16. The third-order valence-corrected chi connectivity index (χ3v) is 6.93. The third kappa shape index (κ3) is 2.73. The highest BCUT2D eigenvalue weighted by molar-refractivity contribution is 7.85. The van der Waals surface area contributed by atoms with E-state index in [-0.39, 0.29) is 11.7 Å². The van der Waals surface area contributed by atoms with Gasteiger partial charge >= 0.3 is 0 Å². The van der Waals surface area contributed by atoms with Gasteiger partial charge in [0.15, 0.2) is 5.78 Å². The van der Waals surface area contributed by atoms with Crippen LogP contribution in [0.25, 0.3) is 0 Å². The van der Waals surface area contributed by atoms with Crippen molar-refractivity contribution in [1.82, 2.24) is 0 Å². The zero-order valence-electron chi connectivity index (χ0n) is 14.6. The summed E-state index contributed by atoms with van der Waals surface area (Å²) in [6.07, 6.45) is 3.40. The number of hydrogen-bond donors (Lipinski definition) is 0. The Kier molecular flexibility index (Phi) is 4.13. The van der Waals surface area contributed by atoms with Gasteiger partial charge in [-0.05, 0) is 55.5 Å². The second-order valence-corrected chi connectivity index (χ2v) is 8.69. The van der Waals surface area contributed by atoms with Gasteiger partial charge < -0.3 is 0 Å². The Labute approximate surface area is 155 Å². The van der Waals surface area contributed by atoms with Crippen LogP contribution in [0.4, 0.5) is 0 Å². The molecule has 3 atom stereocenters. The van der Waals surface area contributed by atoms with Crippen molar-refractivity contribution in [3.8, 4) is 6.07 Å². The smallest absolute Gasteiger partial charge is 0.156 e. The van der Waals surface area contributed by atoms with E-state index in [9.17, 15) is 14.3 Å². The fraction of sp³-hybridized carbons (Fsp3) is 0.273. The summed E-state index contributed by atoms with van der Waals surface area (Å²) in [7, 11) is -1.34. The van der Waals surface area contributed by atoms with Gasteiger partial charge in [0.25, 0.3) is 0 Å². The van der Waals surface area contributed by atoms with E-state index in [0.29, 0.717) is 24.2 Å². The molecule has 0 N–H and O–H groups in total. The van der Waals surface area contributed by atoms with Crippen molar-refractivity contribution in [3.63, 3.8) is 0 Å². The topological polar surface area (TPSA) is 57.9 Å². The lowest BCUT2D eigenvalue weighted by Gasteiger charge is -2.24. The van der Waals surface area contributed by atoms with Crippen molar-refractivity contribution in [3.05, 3.63) is 71.3 Å². The van der Waals surface area contributed by atoms with E-state index in [1.165, 1.54) is 0 Å². The summed E-state index contributed by atoms with van der Waals surface area (Å²) in [5, 5.41) is 10.0. The summed E-state index contributed by atoms with van der Waals surface area (Å²) >= 11 is 0. The van der Waals surface area contributed by atoms with E-state index < -0.39 is 16.2 Å². The molecule has 0 amide bonds. The maximum Gasteiger partial charge on any atom is 0.156 e. The molecule has 0 bridgehead atoms. The second-order valence-electron chi connectivity index (χ2n) is 7.24. The van der Waals surface area contributed by atoms with Crippen molar-refractivity contribution < 1.29 is 9.00 Å². The Morgan fingerprint density at radius 1 is 1.15 bits per heavy atom. The van der Waals surface area contributed by atoms with Gasteiger partial charge in [-0.25, -0.2) is 4.21 Å². The van der Waals surface area contributed by atoms with E-state index in [2.05, 4.69) is 6.07 Å². The first-order chi connectivity index (χ1) is 12.5. The minimum Gasteiger partial charge on any atom is -0.295 e. The van der Waals surface area contributed by atoms with Crippen LogP contribution in [-0.2, 0) is 21.0 Å². The second kappa shape index (κ2) is 6.34. The molecule has 2 aliphatic carbocycles. The SMILES string of the molecule is Cc1ccc([S@](=O)c2ccccc2[C@@]2(C#N)CC3=CC(=O)C[C@H]3C2)cc1. The Balaban J connectivity index is 1.78. The molecule has 4 heteroatoms. The molecule has 0 aromatic heterocycles. The number of carbonyl (C=O) groups is 1. The normalized spacial score (nSPS) is 25.5. The van der Waals surface area contributed by atoms with E-state index >= 15 is 0 Å². The molecule has 2 aromatic carbocycles. The zero-order chi connectivity index (χ0) is 18.3. The van der Waals surface area contributed by atoms with Gasteiger partial charge in [-0.15, -0.1) is 0 Å². The first-order valence-electron chi connectivity index (χ1n) is 8.75. The van der Waals surface area contributed by atoms with Crippen molar-refractivity contribution in [2.24, 2.45) is 5.92 Å². The molecular formula is C22H19NO2S. The maximum atomic E-state index is 13.2. The highest BCUT2D eigenvalue weighted by Gasteiger charge is 2.47. The number of benzene rings is 2. The summed E-state index contributed by atoms with van der Waals surface area (Å²) in [5.41, 5.74) is 2.33. The van der Waals surface area contributed by atoms with E-state index in [1.807, 2.05) is 55.5 Å². The number of carbonyl (C=O) groups excluding carboxylic acids is 1. The molecule has 0 spiro atoms. The summed E-state index contributed by atoms with van der Waals surface area (Å²) in [6, 6.07) is 17.7. The maximum absolute atomic E-state index is 13.2. The van der Waals surface area contributed by atoms with Crippen molar-refractivity contribution in [2.45, 2.75) is 41.4 Å². The van der Waals surface area contributed by atoms with Crippen molar-refractivity contribution in [2.75, 3.05) is 0 Å². The molecule has 0 unspecified atom stereocenters. The van der Waals surface area contributed by atoms with Crippen molar-refractivity contribution >= 4 is 16.6 Å². The average Bonchev–Trinajstić information content (AvgIpc) is 3.16. The highest BCUT2D eigenvalue weighted by Crippen LogP contribution is 2.51. The van der Waals surface area contributed by atoms with Crippen LogP contribution in [0.5, 0.6) is 0 Å². The molecular weight excluding hydrogens is 342 g/mol. The Morgan fingerprint density at radius 2 is 1.88 bits per heavy atom. The molecule has 0 saturated heterocycles. The summed E-state index contributed by atoms with van der Waals surface area (Å²) in [6.45, 7) is 2.00. The first kappa shape index (κ1) is 16.9. The van der Waals surface area contributed by atoms with Gasteiger partial charge in [0.2, 0.25) is 0 Å². The van der Waals surface area contributed by atoms with Gasteiger partial charge in [-0.1, -0.05) is 41.5 Å². The Bertz CT molecular complexity index is 984. The van der Waals surface area contributed by atoms with E-state index in [4.69, 9.17) is 0 Å². The van der Waals surface area contributed by atoms with E-state index in [0.717, 1.165) is 21.6 Å². The van der Waals surface area contributed by atoms with Crippen LogP contribution in [0, 0.1) is 24.2 Å². The van der Waals surface area contributed by atoms with Gasteiger partial charge in [-0.3, -0.25) is 4.79 Å². The number of rotatable bonds is 3. The number of ketones is 1. The predicted molar refractivity (Wildman–Crippen MR) is 100 cm³/mol. The zero-order valence-corrected chi connectivity index (χ0v) is 15.4. The minimum atomic E-state index is -1.34. The number of nitrogens with zero attached hydrogens (tertiary/aromatic N) is 1. The van der Waals surface area contributed by atoms with Crippen LogP contribution >= 0.6 is 0 Å². The van der Waals surface area contributed by atoms with E-state index in [1.54, 1.807) is 6.08 Å². The molecule has 130 valence electrons. The van der Waals surface area contributed by atoms with Gasteiger partial charge in [0, 0.05) is 16.2 Å². The lowest BCUT2D eigenvalue weighted by Crippen LogP contribution is -2.23. The third-order valence-electron chi connectivity index (χ3n) is 5.47. The fourth-order valence-corrected chi connectivity index (χ4v) is 5.46. The van der Waals surface area contributed by atoms with Crippen LogP contribution in [0.3, 0.4) is 0 Å². The Hall–Kier alpha value is -2.51. The highest BCUT2D eigenvalue weighted by atomic mass is 32.2. The molecule has 0 aliphatic heterocycles. The van der Waals surface area contributed by atoms with Gasteiger partial charge in [-0.2, -0.15) is 5.26 Å². The first-order valence-corrected chi connectivity index (χ1v) is 9.90. The molecule has 1 saturated carbocycles. The molecule has 3 nitrogen and oxygen atoms in total. The Morgan fingerprint density at radius 3 is 2.58 bits per heavy atom. The molecule has 0 heterocycles. The summed E-state index contributed by atoms with van der Waals surface area (Å²) in [5.74, 6) is 0.316. The van der Waals surface area contributed by atoms with Crippen LogP contribution in [0.1, 0.15) is 30.4 Å². The van der Waals surface area contributed by atoms with Crippen LogP contribution in [0.2, 0.25) is 0 Å². The number of nitriles is 1. The molecule has 4 rings (SSSR count). The molecule has 1 fully saturated rings. The van der Waals surface area contributed by atoms with Gasteiger partial charge in [0.05, 0.1) is 22.3 Å². The molecule has 2 aromatic rings. The van der Waals surface area contributed by atoms with Crippen LogP contribution in [0.15, 0.2) is 70.0 Å². The number of fused-ring (bicyclic) bond motifs is 1. The molecule has 0 radical (unpaired) electrons. The minimum absolute atomic E-state index is 0.156. The summed E-state index contributed by atoms with van der Waals surface area (Å²) < 4.78 is 13.2. The predicted octanol–water partition coefficient (Wildman–Crippen LogP) is 4.23. The number of hydrogen-bond acceptors (Lipinski definition) is 3. The van der Waals surface area contributed by atoms with Gasteiger partial charge in [0.1, 0.15) is 0 Å². The number of aryl methyl sites for hydroxylation is 1. The van der Waals surface area contributed by atoms with Crippen LogP contribution in [-0.4, -0.2) is 9.99 Å². The molecule has 26 heavy (non-hydrogen) atoms. The monoisotopic (exact) mass is 361 g/mol. The number of allylic oxidation sites excluding steroid dienone is 2. The average molecular weight is 361 g/mol. The van der Waals surface area contributed by atoms with Crippen LogP contribution < -0.4 is 0 Å². The quantitative estimate of drug-likeness (QED) is 0.822. The largest absolute Gasteiger partial charge is 0.295 e.